The number of nitrogens with zero attached hydrogens (tertiary/aromatic N) is 1. The van der Waals surface area contributed by atoms with Crippen LogP contribution in [-0.2, 0) is 4.79 Å². The number of nitrogens with two attached hydrogens (primary N) is 1. The summed E-state index contributed by atoms with van der Waals surface area (Å²) in [4.78, 5) is 10.2. The molecule has 0 amide bonds. The number of carboxylic acids is 1. The summed E-state index contributed by atoms with van der Waals surface area (Å²) in [5, 5.41) is 10.1. The molecule has 0 saturated heterocycles. The average molecular weight is 172 g/mol. The Balaban J connectivity index is 2.56. The largest absolute Gasteiger partial charge is 0.481 e. The smallest absolute Gasteiger partial charge is 0.305 e. The molecule has 0 saturated carbocycles. The minimum atomic E-state index is -0.885. The second-order valence-corrected chi connectivity index (χ2v) is 2.82. The average Bonchev–Trinajstić information content (AvgIpc) is 2.35. The minimum Gasteiger partial charge on any atom is -0.481 e. The van der Waals surface area contributed by atoms with Crippen molar-refractivity contribution in [1.29, 1.82) is 0 Å². The van der Waals surface area contributed by atoms with Gasteiger partial charge in [-0.15, -0.1) is 0 Å². The number of hydrogen-bond acceptors (Lipinski definition) is 4. The quantitative estimate of drug-likeness (QED) is 0.700. The van der Waals surface area contributed by atoms with E-state index in [1.807, 2.05) is 0 Å². The summed E-state index contributed by atoms with van der Waals surface area (Å²) in [5.41, 5.74) is 6.32. The standard InChI is InChI=1S/C6H8N2O2S/c7-5(1-6(9)10)4-2-8-11-3-4/h2-3,5H,1,7H2,(H,9,10)/t5-/m0/s1. The van der Waals surface area contributed by atoms with E-state index in [9.17, 15) is 4.79 Å². The predicted molar refractivity (Wildman–Crippen MR) is 41.3 cm³/mol. The van der Waals surface area contributed by atoms with E-state index < -0.39 is 12.0 Å². The lowest BCUT2D eigenvalue weighted by atomic mass is 10.1. The van der Waals surface area contributed by atoms with Gasteiger partial charge in [0.25, 0.3) is 0 Å². The van der Waals surface area contributed by atoms with Gasteiger partial charge in [0.2, 0.25) is 0 Å². The van der Waals surface area contributed by atoms with Crippen LogP contribution in [-0.4, -0.2) is 15.4 Å². The molecule has 0 aromatic carbocycles. The summed E-state index contributed by atoms with van der Waals surface area (Å²) >= 11 is 1.27. The van der Waals surface area contributed by atoms with Crippen molar-refractivity contribution in [3.05, 3.63) is 17.1 Å². The molecule has 0 aliphatic heterocycles. The first-order valence-electron chi connectivity index (χ1n) is 3.07. The van der Waals surface area contributed by atoms with Gasteiger partial charge < -0.3 is 10.8 Å². The number of aromatic nitrogens is 1. The van der Waals surface area contributed by atoms with Crippen LogP contribution in [0.25, 0.3) is 0 Å². The van der Waals surface area contributed by atoms with Crippen LogP contribution in [0.1, 0.15) is 18.0 Å². The minimum absolute atomic E-state index is 0.0432. The molecule has 5 heteroatoms. The molecular formula is C6H8N2O2S. The van der Waals surface area contributed by atoms with Crippen LogP contribution in [0.2, 0.25) is 0 Å². The third-order valence-electron chi connectivity index (χ3n) is 1.27. The highest BCUT2D eigenvalue weighted by Gasteiger charge is 2.10. The number of carboxylic acid groups (broad SMARTS) is 1. The highest BCUT2D eigenvalue weighted by Crippen LogP contribution is 2.14. The number of hydrogen-bond donors (Lipinski definition) is 2. The molecule has 11 heavy (non-hydrogen) atoms. The third-order valence-corrected chi connectivity index (χ3v) is 1.88. The fraction of sp³-hybridized carbons (Fsp3) is 0.333. The zero-order chi connectivity index (χ0) is 8.27. The zero-order valence-electron chi connectivity index (χ0n) is 5.73. The van der Waals surface area contributed by atoms with Crippen LogP contribution in [0.4, 0.5) is 0 Å². The van der Waals surface area contributed by atoms with Gasteiger partial charge in [0, 0.05) is 23.2 Å². The van der Waals surface area contributed by atoms with Crippen molar-refractivity contribution in [2.75, 3.05) is 0 Å². The third kappa shape index (κ3) is 2.28. The van der Waals surface area contributed by atoms with E-state index in [-0.39, 0.29) is 6.42 Å². The van der Waals surface area contributed by atoms with Crippen LogP contribution in [0, 0.1) is 0 Å². The summed E-state index contributed by atoms with van der Waals surface area (Å²) in [6, 6.07) is -0.425. The normalized spacial score (nSPS) is 12.8. The van der Waals surface area contributed by atoms with E-state index in [0.29, 0.717) is 0 Å². The van der Waals surface area contributed by atoms with E-state index in [2.05, 4.69) is 4.37 Å². The Bertz CT molecular complexity index is 235. The van der Waals surface area contributed by atoms with Crippen molar-refractivity contribution in [2.45, 2.75) is 12.5 Å². The number of rotatable bonds is 3. The van der Waals surface area contributed by atoms with E-state index in [0.717, 1.165) is 5.56 Å². The van der Waals surface area contributed by atoms with Crippen molar-refractivity contribution in [1.82, 2.24) is 4.37 Å². The molecule has 1 aromatic rings. The van der Waals surface area contributed by atoms with Crippen LogP contribution in [0.3, 0.4) is 0 Å². The molecular weight excluding hydrogens is 164 g/mol. The van der Waals surface area contributed by atoms with Gasteiger partial charge in [-0.05, 0) is 11.5 Å². The van der Waals surface area contributed by atoms with E-state index in [1.165, 1.54) is 11.5 Å². The Hall–Kier alpha value is -0.940. The maximum absolute atomic E-state index is 10.2. The summed E-state index contributed by atoms with van der Waals surface area (Å²) < 4.78 is 3.82. The Morgan fingerprint density at radius 1 is 1.91 bits per heavy atom. The van der Waals surface area contributed by atoms with Crippen molar-refractivity contribution < 1.29 is 9.90 Å². The predicted octanol–water partition coefficient (Wildman–Crippen LogP) is 0.618. The monoisotopic (exact) mass is 172 g/mol. The molecule has 0 fully saturated rings. The van der Waals surface area contributed by atoms with Gasteiger partial charge in [-0.2, -0.15) is 0 Å². The Morgan fingerprint density at radius 3 is 3.09 bits per heavy atom. The summed E-state index contributed by atoms with van der Waals surface area (Å²) in [7, 11) is 0. The van der Waals surface area contributed by atoms with E-state index in [4.69, 9.17) is 10.8 Å². The lowest BCUT2D eigenvalue weighted by molar-refractivity contribution is -0.137. The molecule has 0 aliphatic carbocycles. The van der Waals surface area contributed by atoms with E-state index >= 15 is 0 Å². The Kier molecular flexibility index (Phi) is 2.56. The fourth-order valence-corrected chi connectivity index (χ4v) is 1.30. The maximum atomic E-state index is 10.2. The number of aliphatic carboxylic acids is 1. The van der Waals surface area contributed by atoms with Crippen molar-refractivity contribution in [3.63, 3.8) is 0 Å². The first-order valence-corrected chi connectivity index (χ1v) is 3.90. The zero-order valence-corrected chi connectivity index (χ0v) is 6.54. The fourth-order valence-electron chi connectivity index (χ4n) is 0.702. The summed E-state index contributed by atoms with van der Waals surface area (Å²) in [6.45, 7) is 0. The highest BCUT2D eigenvalue weighted by atomic mass is 32.1. The Labute approximate surface area is 67.8 Å². The van der Waals surface area contributed by atoms with Crippen molar-refractivity contribution in [2.24, 2.45) is 5.73 Å². The van der Waals surface area contributed by atoms with Crippen LogP contribution >= 0.6 is 11.5 Å². The molecule has 0 unspecified atom stereocenters. The molecule has 3 N–H and O–H groups in total. The summed E-state index contributed by atoms with van der Waals surface area (Å²) in [6.07, 6.45) is 1.55. The van der Waals surface area contributed by atoms with Gasteiger partial charge in [-0.25, -0.2) is 4.37 Å². The van der Waals surface area contributed by atoms with Crippen LogP contribution < -0.4 is 5.73 Å². The first-order chi connectivity index (χ1) is 5.20. The molecule has 0 spiro atoms. The van der Waals surface area contributed by atoms with Gasteiger partial charge in [0.1, 0.15) is 0 Å². The second-order valence-electron chi connectivity index (χ2n) is 2.16. The molecule has 1 rings (SSSR count). The second kappa shape index (κ2) is 3.45. The van der Waals surface area contributed by atoms with Gasteiger partial charge in [-0.3, -0.25) is 4.79 Å². The topological polar surface area (TPSA) is 76.2 Å². The first kappa shape index (κ1) is 8.16. The molecule has 0 aliphatic rings. The molecule has 60 valence electrons. The van der Waals surface area contributed by atoms with Gasteiger partial charge in [0.15, 0.2) is 0 Å². The molecule has 4 nitrogen and oxygen atoms in total. The SMILES string of the molecule is N[C@@H](CC(=O)O)c1cnsc1. The highest BCUT2D eigenvalue weighted by molar-refractivity contribution is 7.03. The summed E-state index contributed by atoms with van der Waals surface area (Å²) in [5.74, 6) is -0.885. The van der Waals surface area contributed by atoms with Gasteiger partial charge in [-0.1, -0.05) is 0 Å². The number of carbonyl (C=O) groups is 1. The van der Waals surface area contributed by atoms with E-state index in [1.54, 1.807) is 11.6 Å². The van der Waals surface area contributed by atoms with Gasteiger partial charge >= 0.3 is 5.97 Å². The maximum Gasteiger partial charge on any atom is 0.305 e. The lowest BCUT2D eigenvalue weighted by Gasteiger charge is -2.03. The molecule has 0 radical (unpaired) electrons. The molecule has 1 atom stereocenters. The van der Waals surface area contributed by atoms with Crippen molar-refractivity contribution >= 4 is 17.5 Å². The molecule has 0 bridgehead atoms. The van der Waals surface area contributed by atoms with Gasteiger partial charge in [0.05, 0.1) is 6.42 Å². The Morgan fingerprint density at radius 2 is 2.64 bits per heavy atom. The van der Waals surface area contributed by atoms with Crippen LogP contribution in [0.5, 0.6) is 0 Å². The molecule has 1 heterocycles. The van der Waals surface area contributed by atoms with Crippen molar-refractivity contribution in [3.8, 4) is 0 Å². The molecule has 1 aromatic heterocycles. The van der Waals surface area contributed by atoms with Crippen LogP contribution in [0.15, 0.2) is 11.6 Å². The lowest BCUT2D eigenvalue weighted by Crippen LogP contribution is -2.14.